The van der Waals surface area contributed by atoms with E-state index < -0.39 is 25.5 Å². The number of aromatic nitrogens is 1. The van der Waals surface area contributed by atoms with Crippen LogP contribution in [0.1, 0.15) is 5.69 Å². The Balaban J connectivity index is 2.49. The summed E-state index contributed by atoms with van der Waals surface area (Å²) in [4.78, 5) is 23.2. The van der Waals surface area contributed by atoms with Crippen molar-refractivity contribution in [2.45, 2.75) is 11.1 Å². The third kappa shape index (κ3) is 3.23. The summed E-state index contributed by atoms with van der Waals surface area (Å²) in [6.45, 7) is 1.42. The summed E-state index contributed by atoms with van der Waals surface area (Å²) in [6.07, 6.45) is 0. The van der Waals surface area contributed by atoms with Crippen LogP contribution in [-0.4, -0.2) is 18.3 Å². The number of halogens is 1. The number of nitro benzene ring substituents is 1. The van der Waals surface area contributed by atoms with Gasteiger partial charge in [0.1, 0.15) is 5.69 Å². The van der Waals surface area contributed by atoms with Gasteiger partial charge in [0.15, 0.2) is 4.21 Å². The lowest BCUT2D eigenvalue weighted by Crippen LogP contribution is -2.13. The summed E-state index contributed by atoms with van der Waals surface area (Å²) in [7, 11) is -4.10. The van der Waals surface area contributed by atoms with E-state index in [-0.39, 0.29) is 20.6 Å². The standard InChI is InChI=1S/C10H8ClN3O5S2/c1-5-9(20-10(15)12-5)21(18,19)13-7-3-2-6(11)4-8(7)14(16)17/h2-4,13H,1H3,(H,12,15). The lowest BCUT2D eigenvalue weighted by Gasteiger charge is -2.07. The molecular formula is C10H8ClN3O5S2. The molecule has 0 aliphatic rings. The molecule has 1 heterocycles. The molecule has 112 valence electrons. The third-order valence-electron chi connectivity index (χ3n) is 2.43. The highest BCUT2D eigenvalue weighted by Crippen LogP contribution is 2.30. The van der Waals surface area contributed by atoms with Crippen molar-refractivity contribution in [3.05, 3.63) is 48.7 Å². The number of nitro groups is 1. The molecule has 8 nitrogen and oxygen atoms in total. The number of anilines is 1. The second-order valence-electron chi connectivity index (χ2n) is 3.95. The number of nitrogens with zero attached hydrogens (tertiary/aromatic N) is 1. The van der Waals surface area contributed by atoms with Gasteiger partial charge in [0, 0.05) is 16.8 Å². The first-order chi connectivity index (χ1) is 9.70. The maximum Gasteiger partial charge on any atom is 0.306 e. The number of hydrogen-bond donors (Lipinski definition) is 2. The van der Waals surface area contributed by atoms with Crippen LogP contribution in [0.4, 0.5) is 11.4 Å². The zero-order valence-electron chi connectivity index (χ0n) is 10.4. The number of benzene rings is 1. The molecule has 2 N–H and O–H groups in total. The van der Waals surface area contributed by atoms with Crippen LogP contribution >= 0.6 is 22.9 Å². The third-order valence-corrected chi connectivity index (χ3v) is 5.63. The van der Waals surface area contributed by atoms with Crippen molar-refractivity contribution in [2.24, 2.45) is 0 Å². The molecule has 0 fully saturated rings. The molecular weight excluding hydrogens is 342 g/mol. The van der Waals surface area contributed by atoms with Gasteiger partial charge in [-0.25, -0.2) is 8.42 Å². The Hall–Kier alpha value is -1.91. The van der Waals surface area contributed by atoms with Crippen molar-refractivity contribution in [3.8, 4) is 0 Å². The molecule has 0 aliphatic carbocycles. The molecule has 1 aromatic carbocycles. The average molecular weight is 350 g/mol. The minimum absolute atomic E-state index is 0.104. The summed E-state index contributed by atoms with van der Waals surface area (Å²) < 4.78 is 26.2. The van der Waals surface area contributed by atoms with Crippen LogP contribution in [0.5, 0.6) is 0 Å². The summed E-state index contributed by atoms with van der Waals surface area (Å²) in [6, 6.07) is 3.54. The molecule has 2 rings (SSSR count). The van der Waals surface area contributed by atoms with Crippen LogP contribution in [0.2, 0.25) is 5.02 Å². The molecule has 21 heavy (non-hydrogen) atoms. The average Bonchev–Trinajstić information content (AvgIpc) is 2.71. The largest absolute Gasteiger partial charge is 0.315 e. The maximum atomic E-state index is 12.2. The summed E-state index contributed by atoms with van der Waals surface area (Å²) in [5.74, 6) is 0. The van der Waals surface area contributed by atoms with Gasteiger partial charge < -0.3 is 4.98 Å². The van der Waals surface area contributed by atoms with E-state index in [2.05, 4.69) is 9.71 Å². The number of sulfonamides is 1. The molecule has 2 aromatic rings. The molecule has 0 bridgehead atoms. The number of aromatic amines is 1. The molecule has 0 saturated heterocycles. The summed E-state index contributed by atoms with van der Waals surface area (Å²) in [5.41, 5.74) is -0.551. The fourth-order valence-electron chi connectivity index (χ4n) is 1.58. The number of nitrogens with one attached hydrogen (secondary N) is 2. The number of hydrogen-bond acceptors (Lipinski definition) is 6. The molecule has 0 unspecified atom stereocenters. The second kappa shape index (κ2) is 5.47. The van der Waals surface area contributed by atoms with E-state index in [1.165, 1.54) is 19.1 Å². The highest BCUT2D eigenvalue weighted by Gasteiger charge is 2.24. The second-order valence-corrected chi connectivity index (χ2v) is 7.25. The Morgan fingerprint density at radius 2 is 2.10 bits per heavy atom. The SMILES string of the molecule is Cc1[nH]c(=O)sc1S(=O)(=O)Nc1ccc(Cl)cc1[N+](=O)[O-]. The predicted molar refractivity (Wildman–Crippen MR) is 78.6 cm³/mol. The Labute approximate surface area is 127 Å². The highest BCUT2D eigenvalue weighted by atomic mass is 35.5. The first kappa shape index (κ1) is 15.5. The van der Waals surface area contributed by atoms with E-state index >= 15 is 0 Å². The van der Waals surface area contributed by atoms with Crippen LogP contribution in [0.25, 0.3) is 0 Å². The van der Waals surface area contributed by atoms with E-state index in [0.717, 1.165) is 6.07 Å². The first-order valence-corrected chi connectivity index (χ1v) is 8.05. The van der Waals surface area contributed by atoms with E-state index in [0.29, 0.717) is 11.3 Å². The Bertz CT molecular complexity index is 871. The number of H-pyrrole nitrogens is 1. The van der Waals surface area contributed by atoms with E-state index in [9.17, 15) is 23.3 Å². The van der Waals surface area contributed by atoms with Gasteiger partial charge in [0.25, 0.3) is 15.7 Å². The van der Waals surface area contributed by atoms with Gasteiger partial charge in [-0.15, -0.1) is 0 Å². The molecule has 0 saturated carbocycles. The Morgan fingerprint density at radius 3 is 2.62 bits per heavy atom. The topological polar surface area (TPSA) is 122 Å². The molecule has 1 aromatic heterocycles. The fourth-order valence-corrected chi connectivity index (χ4v) is 4.12. The van der Waals surface area contributed by atoms with Crippen LogP contribution < -0.4 is 9.60 Å². The minimum atomic E-state index is -4.10. The quantitative estimate of drug-likeness (QED) is 0.646. The zero-order chi connectivity index (χ0) is 15.8. The van der Waals surface area contributed by atoms with Crippen LogP contribution in [0.3, 0.4) is 0 Å². The van der Waals surface area contributed by atoms with Gasteiger partial charge in [0.05, 0.1) is 4.92 Å². The highest BCUT2D eigenvalue weighted by molar-refractivity contribution is 7.94. The van der Waals surface area contributed by atoms with Crippen molar-refractivity contribution in [1.29, 1.82) is 0 Å². The van der Waals surface area contributed by atoms with Crippen molar-refractivity contribution in [2.75, 3.05) is 4.72 Å². The predicted octanol–water partition coefficient (Wildman–Crippen LogP) is 2.11. The van der Waals surface area contributed by atoms with Crippen molar-refractivity contribution >= 4 is 44.3 Å². The molecule has 0 amide bonds. The van der Waals surface area contributed by atoms with Crippen LogP contribution in [-0.2, 0) is 10.0 Å². The van der Waals surface area contributed by atoms with Crippen LogP contribution in [0.15, 0.2) is 27.2 Å². The molecule has 0 atom stereocenters. The van der Waals surface area contributed by atoms with E-state index in [1.807, 2.05) is 0 Å². The summed E-state index contributed by atoms with van der Waals surface area (Å²) in [5, 5.41) is 11.0. The zero-order valence-corrected chi connectivity index (χ0v) is 12.8. The Morgan fingerprint density at radius 1 is 1.43 bits per heavy atom. The number of rotatable bonds is 4. The fraction of sp³-hybridized carbons (Fsp3) is 0.100. The first-order valence-electron chi connectivity index (χ1n) is 5.37. The van der Waals surface area contributed by atoms with Crippen molar-refractivity contribution in [1.82, 2.24) is 4.98 Å². The monoisotopic (exact) mass is 349 g/mol. The molecule has 11 heteroatoms. The van der Waals surface area contributed by atoms with Gasteiger partial charge >= 0.3 is 4.87 Å². The van der Waals surface area contributed by atoms with Gasteiger partial charge in [-0.3, -0.25) is 19.6 Å². The minimum Gasteiger partial charge on any atom is -0.315 e. The van der Waals surface area contributed by atoms with Gasteiger partial charge in [0.2, 0.25) is 0 Å². The van der Waals surface area contributed by atoms with Crippen molar-refractivity contribution in [3.63, 3.8) is 0 Å². The number of thiazole rings is 1. The van der Waals surface area contributed by atoms with Crippen LogP contribution in [0, 0.1) is 17.0 Å². The van der Waals surface area contributed by atoms with Gasteiger partial charge in [-0.05, 0) is 19.1 Å². The van der Waals surface area contributed by atoms with E-state index in [4.69, 9.17) is 11.6 Å². The maximum absolute atomic E-state index is 12.2. The molecule has 0 aliphatic heterocycles. The Kier molecular flexibility index (Phi) is 4.03. The smallest absolute Gasteiger partial charge is 0.306 e. The van der Waals surface area contributed by atoms with Gasteiger partial charge in [-0.1, -0.05) is 22.9 Å². The summed E-state index contributed by atoms with van der Waals surface area (Å²) >= 11 is 6.15. The van der Waals surface area contributed by atoms with Crippen molar-refractivity contribution < 1.29 is 13.3 Å². The van der Waals surface area contributed by atoms with Gasteiger partial charge in [-0.2, -0.15) is 0 Å². The molecule has 0 radical (unpaired) electrons. The lowest BCUT2D eigenvalue weighted by atomic mass is 10.3. The molecule has 0 spiro atoms. The normalized spacial score (nSPS) is 11.3. The van der Waals surface area contributed by atoms with E-state index in [1.54, 1.807) is 0 Å². The number of aryl methyl sites for hydroxylation is 1. The lowest BCUT2D eigenvalue weighted by molar-refractivity contribution is -0.383.